The number of nitrogens with zero attached hydrogens (tertiary/aromatic N) is 1. The molecule has 0 saturated carbocycles. The molecule has 0 aliphatic carbocycles. The van der Waals surface area contributed by atoms with Gasteiger partial charge in [-0.25, -0.2) is 4.79 Å². The summed E-state index contributed by atoms with van der Waals surface area (Å²) in [6, 6.07) is 4.92. The number of urea groups is 1. The zero-order valence-corrected chi connectivity index (χ0v) is 8.87. The summed E-state index contributed by atoms with van der Waals surface area (Å²) in [5, 5.41) is 2.38. The molecular formula is C11H11F3N2O. The van der Waals surface area contributed by atoms with E-state index in [4.69, 9.17) is 0 Å². The first-order valence-electron chi connectivity index (χ1n) is 5.16. The van der Waals surface area contributed by atoms with Gasteiger partial charge in [0.05, 0.1) is 0 Å². The second-order valence-electron chi connectivity index (χ2n) is 3.78. The van der Waals surface area contributed by atoms with Crippen molar-refractivity contribution >= 4 is 6.03 Å². The van der Waals surface area contributed by atoms with Gasteiger partial charge in [-0.05, 0) is 5.56 Å². The molecule has 17 heavy (non-hydrogen) atoms. The lowest BCUT2D eigenvalue weighted by Gasteiger charge is -2.28. The van der Waals surface area contributed by atoms with Crippen LogP contribution in [0.2, 0.25) is 0 Å². The standard InChI is InChI=1S/C11H11F3N2O/c12-11(13,14)9(8-4-2-1-3-5-8)16-7-6-15-10(16)17/h1-5,9H,6-7H2,(H,15,17). The number of hydrogen-bond acceptors (Lipinski definition) is 1. The minimum absolute atomic E-state index is 0.0674. The molecule has 1 atom stereocenters. The Morgan fingerprint density at radius 2 is 1.88 bits per heavy atom. The summed E-state index contributed by atoms with van der Waals surface area (Å²) in [5.41, 5.74) is 0.0806. The van der Waals surface area contributed by atoms with E-state index in [0.29, 0.717) is 0 Å². The monoisotopic (exact) mass is 244 g/mol. The van der Waals surface area contributed by atoms with Gasteiger partial charge in [-0.1, -0.05) is 30.3 Å². The van der Waals surface area contributed by atoms with E-state index in [0.717, 1.165) is 4.90 Å². The molecule has 2 rings (SSSR count). The van der Waals surface area contributed by atoms with E-state index in [1.807, 2.05) is 0 Å². The Labute approximate surface area is 96.2 Å². The highest BCUT2D eigenvalue weighted by Gasteiger charge is 2.47. The van der Waals surface area contributed by atoms with Crippen LogP contribution in [-0.4, -0.2) is 30.2 Å². The van der Waals surface area contributed by atoms with Gasteiger partial charge in [-0.2, -0.15) is 13.2 Å². The highest BCUT2D eigenvalue weighted by Crippen LogP contribution is 2.38. The highest BCUT2D eigenvalue weighted by atomic mass is 19.4. The molecule has 1 fully saturated rings. The number of carbonyl (C=O) groups excluding carboxylic acids is 1. The number of benzene rings is 1. The van der Waals surface area contributed by atoms with Gasteiger partial charge in [-0.15, -0.1) is 0 Å². The van der Waals surface area contributed by atoms with Gasteiger partial charge in [0.25, 0.3) is 0 Å². The summed E-state index contributed by atoms with van der Waals surface area (Å²) < 4.78 is 39.0. The second kappa shape index (κ2) is 4.27. The lowest BCUT2D eigenvalue weighted by Crippen LogP contribution is -2.40. The summed E-state index contributed by atoms with van der Waals surface area (Å²) in [7, 11) is 0. The Hall–Kier alpha value is -1.72. The molecule has 1 aliphatic heterocycles. The molecule has 0 aromatic heterocycles. The first-order valence-corrected chi connectivity index (χ1v) is 5.16. The van der Waals surface area contributed by atoms with Crippen molar-refractivity contribution in [2.45, 2.75) is 12.2 Å². The maximum Gasteiger partial charge on any atom is 0.413 e. The average Bonchev–Trinajstić information content (AvgIpc) is 2.65. The number of carbonyl (C=O) groups is 1. The van der Waals surface area contributed by atoms with Crippen molar-refractivity contribution in [3.05, 3.63) is 35.9 Å². The molecule has 1 heterocycles. The summed E-state index contributed by atoms with van der Waals surface area (Å²) in [6.07, 6.45) is -4.47. The minimum Gasteiger partial charge on any atom is -0.336 e. The Balaban J connectivity index is 2.36. The molecule has 0 spiro atoms. The van der Waals surface area contributed by atoms with Crippen LogP contribution < -0.4 is 5.32 Å². The Kier molecular flexibility index (Phi) is 2.95. The molecule has 1 unspecified atom stereocenters. The van der Waals surface area contributed by atoms with Gasteiger partial charge in [0.2, 0.25) is 0 Å². The lowest BCUT2D eigenvalue weighted by molar-refractivity contribution is -0.176. The molecule has 1 N–H and O–H groups in total. The number of alkyl halides is 3. The van der Waals surface area contributed by atoms with Gasteiger partial charge >= 0.3 is 12.2 Å². The minimum atomic E-state index is -4.47. The predicted molar refractivity (Wildman–Crippen MR) is 55.3 cm³/mol. The number of nitrogens with one attached hydrogen (secondary N) is 1. The largest absolute Gasteiger partial charge is 0.413 e. The van der Waals surface area contributed by atoms with Crippen molar-refractivity contribution in [1.29, 1.82) is 0 Å². The summed E-state index contributed by atoms with van der Waals surface area (Å²) >= 11 is 0. The molecule has 2 amide bonds. The van der Waals surface area contributed by atoms with Crippen molar-refractivity contribution in [2.75, 3.05) is 13.1 Å². The average molecular weight is 244 g/mol. The van der Waals surface area contributed by atoms with Crippen molar-refractivity contribution < 1.29 is 18.0 Å². The van der Waals surface area contributed by atoms with Gasteiger partial charge in [-0.3, -0.25) is 0 Å². The number of rotatable bonds is 2. The van der Waals surface area contributed by atoms with Crippen LogP contribution in [0.15, 0.2) is 30.3 Å². The maximum absolute atomic E-state index is 13.0. The van der Waals surface area contributed by atoms with E-state index >= 15 is 0 Å². The van der Waals surface area contributed by atoms with Crippen LogP contribution in [-0.2, 0) is 0 Å². The SMILES string of the molecule is O=C1NCCN1C(c1ccccc1)C(F)(F)F. The van der Waals surface area contributed by atoms with E-state index in [1.165, 1.54) is 24.3 Å². The van der Waals surface area contributed by atoms with E-state index in [-0.39, 0.29) is 18.7 Å². The predicted octanol–water partition coefficient (Wildman–Crippen LogP) is 2.32. The molecule has 1 aromatic carbocycles. The lowest BCUT2D eigenvalue weighted by atomic mass is 10.1. The van der Waals surface area contributed by atoms with Gasteiger partial charge in [0.1, 0.15) is 0 Å². The molecule has 1 aliphatic rings. The zero-order valence-electron chi connectivity index (χ0n) is 8.87. The van der Waals surface area contributed by atoms with Crippen LogP contribution in [0.3, 0.4) is 0 Å². The topological polar surface area (TPSA) is 32.3 Å². The summed E-state index contributed by atoms with van der Waals surface area (Å²) in [6.45, 7) is 0.316. The van der Waals surface area contributed by atoms with Crippen LogP contribution in [0, 0.1) is 0 Å². The Bertz CT molecular complexity index is 405. The van der Waals surface area contributed by atoms with Crippen LogP contribution in [0.25, 0.3) is 0 Å². The fourth-order valence-corrected chi connectivity index (χ4v) is 1.91. The first kappa shape index (κ1) is 11.8. The van der Waals surface area contributed by atoms with E-state index in [9.17, 15) is 18.0 Å². The molecule has 92 valence electrons. The Morgan fingerprint density at radius 3 is 2.35 bits per heavy atom. The highest BCUT2D eigenvalue weighted by molar-refractivity contribution is 5.76. The van der Waals surface area contributed by atoms with Gasteiger partial charge < -0.3 is 10.2 Å². The number of halogens is 3. The first-order chi connectivity index (χ1) is 8.00. The number of hydrogen-bond donors (Lipinski definition) is 1. The van der Waals surface area contributed by atoms with Crippen LogP contribution in [0.5, 0.6) is 0 Å². The molecular weight excluding hydrogens is 233 g/mol. The quantitative estimate of drug-likeness (QED) is 0.850. The molecule has 0 radical (unpaired) electrons. The molecule has 6 heteroatoms. The van der Waals surface area contributed by atoms with Gasteiger partial charge in [0, 0.05) is 13.1 Å². The van der Waals surface area contributed by atoms with Crippen LogP contribution in [0.4, 0.5) is 18.0 Å². The fraction of sp³-hybridized carbons (Fsp3) is 0.364. The maximum atomic E-state index is 13.0. The third kappa shape index (κ3) is 2.35. The fourth-order valence-electron chi connectivity index (χ4n) is 1.91. The normalized spacial score (nSPS) is 18.1. The third-order valence-electron chi connectivity index (χ3n) is 2.63. The Morgan fingerprint density at radius 1 is 1.24 bits per heavy atom. The zero-order chi connectivity index (χ0) is 12.5. The molecule has 1 saturated heterocycles. The number of amides is 2. The van der Waals surface area contributed by atoms with Gasteiger partial charge in [0.15, 0.2) is 6.04 Å². The van der Waals surface area contributed by atoms with Crippen molar-refractivity contribution in [3.8, 4) is 0 Å². The van der Waals surface area contributed by atoms with Crippen molar-refractivity contribution in [1.82, 2.24) is 10.2 Å². The van der Waals surface area contributed by atoms with Crippen molar-refractivity contribution in [3.63, 3.8) is 0 Å². The smallest absolute Gasteiger partial charge is 0.336 e. The summed E-state index contributed by atoms with van der Waals surface area (Å²) in [5.74, 6) is 0. The van der Waals surface area contributed by atoms with E-state index in [1.54, 1.807) is 6.07 Å². The third-order valence-corrected chi connectivity index (χ3v) is 2.63. The molecule has 3 nitrogen and oxygen atoms in total. The summed E-state index contributed by atoms with van der Waals surface area (Å²) in [4.78, 5) is 12.2. The van der Waals surface area contributed by atoms with E-state index < -0.39 is 18.2 Å². The van der Waals surface area contributed by atoms with Crippen LogP contribution in [0.1, 0.15) is 11.6 Å². The second-order valence-corrected chi connectivity index (χ2v) is 3.78. The molecule has 0 bridgehead atoms. The van der Waals surface area contributed by atoms with E-state index in [2.05, 4.69) is 5.32 Å². The van der Waals surface area contributed by atoms with Crippen LogP contribution >= 0.6 is 0 Å². The molecule has 1 aromatic rings. The van der Waals surface area contributed by atoms with Crippen molar-refractivity contribution in [2.24, 2.45) is 0 Å².